The summed E-state index contributed by atoms with van der Waals surface area (Å²) >= 11 is 0. The molecule has 0 saturated heterocycles. The zero-order valence-corrected chi connectivity index (χ0v) is 9.76. The van der Waals surface area contributed by atoms with Crippen LogP contribution in [0.2, 0.25) is 0 Å². The van der Waals surface area contributed by atoms with Gasteiger partial charge >= 0.3 is 5.97 Å². The van der Waals surface area contributed by atoms with Crippen LogP contribution >= 0.6 is 0 Å². The Balaban J connectivity index is 2.80. The summed E-state index contributed by atoms with van der Waals surface area (Å²) in [6.45, 7) is 8.32. The Morgan fingerprint density at radius 1 is 1.53 bits per heavy atom. The average Bonchev–Trinajstić information content (AvgIpc) is 2.47. The van der Waals surface area contributed by atoms with E-state index in [1.54, 1.807) is 6.92 Å². The molecule has 15 heavy (non-hydrogen) atoms. The highest BCUT2D eigenvalue weighted by molar-refractivity contribution is 5.85. The van der Waals surface area contributed by atoms with Crippen LogP contribution in [0.5, 0.6) is 0 Å². The van der Waals surface area contributed by atoms with Gasteiger partial charge in [0.15, 0.2) is 0 Å². The van der Waals surface area contributed by atoms with Crippen LogP contribution in [-0.2, 0) is 11.2 Å². The molecular weight excluding hydrogens is 192 g/mol. The fourth-order valence-electron chi connectivity index (χ4n) is 1.38. The van der Waals surface area contributed by atoms with E-state index < -0.39 is 0 Å². The Bertz CT molecular complexity index is 342. The molecule has 0 saturated carbocycles. The number of ether oxygens (including phenoxy) is 1. The number of aromatic amines is 1. The van der Waals surface area contributed by atoms with Gasteiger partial charge in [0.1, 0.15) is 0 Å². The first-order valence-corrected chi connectivity index (χ1v) is 5.27. The van der Waals surface area contributed by atoms with Crippen LogP contribution in [0.4, 0.5) is 0 Å². The lowest BCUT2D eigenvalue weighted by Gasteiger charge is -2.00. The van der Waals surface area contributed by atoms with Gasteiger partial charge in [0.25, 0.3) is 0 Å². The molecule has 4 nitrogen and oxygen atoms in total. The number of esters is 1. The molecule has 1 aromatic heterocycles. The summed E-state index contributed by atoms with van der Waals surface area (Å²) in [5.41, 5.74) is 1.90. The molecule has 0 aliphatic heterocycles. The first-order chi connectivity index (χ1) is 7.04. The van der Waals surface area contributed by atoms with Crippen LogP contribution in [0.3, 0.4) is 0 Å². The van der Waals surface area contributed by atoms with Gasteiger partial charge < -0.3 is 9.72 Å². The molecule has 0 unspecified atom stereocenters. The molecule has 1 N–H and O–H groups in total. The van der Waals surface area contributed by atoms with Crippen molar-refractivity contribution < 1.29 is 9.53 Å². The van der Waals surface area contributed by atoms with Gasteiger partial charge in [-0.2, -0.15) is 0 Å². The van der Waals surface area contributed by atoms with E-state index in [0.29, 0.717) is 18.3 Å². The van der Waals surface area contributed by atoms with E-state index in [4.69, 9.17) is 4.74 Å². The van der Waals surface area contributed by atoms with Crippen LogP contribution in [0.1, 0.15) is 42.8 Å². The minimum atomic E-state index is -0.379. The third-order valence-electron chi connectivity index (χ3n) is 2.06. The van der Waals surface area contributed by atoms with Gasteiger partial charge in [0.05, 0.1) is 12.3 Å². The molecule has 84 valence electrons. The van der Waals surface area contributed by atoms with Crippen molar-refractivity contribution in [2.75, 3.05) is 6.61 Å². The van der Waals surface area contributed by atoms with Gasteiger partial charge in [-0.15, -0.1) is 0 Å². The van der Waals surface area contributed by atoms with Gasteiger partial charge in [-0.3, -0.25) is 0 Å². The van der Waals surface area contributed by atoms with Crippen LogP contribution in [0, 0.1) is 12.8 Å². The summed E-state index contributed by atoms with van der Waals surface area (Å²) in [5, 5.41) is 0. The lowest BCUT2D eigenvalue weighted by molar-refractivity contribution is 0.0513. The van der Waals surface area contributed by atoms with E-state index in [9.17, 15) is 4.79 Å². The first kappa shape index (κ1) is 11.8. The lowest BCUT2D eigenvalue weighted by Crippen LogP contribution is -2.06. The fourth-order valence-corrected chi connectivity index (χ4v) is 1.38. The third kappa shape index (κ3) is 3.08. The summed E-state index contributed by atoms with van der Waals surface area (Å²) in [5.74, 6) is 0.461. The number of rotatable bonds is 4. The molecule has 0 atom stereocenters. The number of hydrogen-bond acceptors (Lipinski definition) is 3. The van der Waals surface area contributed by atoms with E-state index in [2.05, 4.69) is 23.8 Å². The van der Waals surface area contributed by atoms with Crippen molar-refractivity contribution in [3.63, 3.8) is 0 Å². The second-order valence-corrected chi connectivity index (χ2v) is 3.98. The summed E-state index contributed by atoms with van der Waals surface area (Å²) in [6.07, 6.45) is 0.877. The minimum Gasteiger partial charge on any atom is -0.460 e. The van der Waals surface area contributed by atoms with Crippen molar-refractivity contribution in [3.05, 3.63) is 17.2 Å². The number of nitrogens with one attached hydrogen (secondary N) is 1. The molecule has 0 spiro atoms. The normalized spacial score (nSPS) is 10.7. The molecule has 1 aromatic rings. The molecule has 0 aliphatic rings. The minimum absolute atomic E-state index is 0.310. The molecule has 1 heterocycles. The van der Waals surface area contributed by atoms with Gasteiger partial charge in [0.2, 0.25) is 5.82 Å². The molecule has 1 rings (SSSR count). The number of carbonyl (C=O) groups excluding carboxylic acids is 1. The topological polar surface area (TPSA) is 55.0 Å². The molecule has 0 bridgehead atoms. The number of aromatic nitrogens is 2. The summed E-state index contributed by atoms with van der Waals surface area (Å²) in [6, 6.07) is 0. The molecular formula is C11H18N2O2. The predicted molar refractivity (Wildman–Crippen MR) is 57.8 cm³/mol. The second-order valence-electron chi connectivity index (χ2n) is 3.98. The second kappa shape index (κ2) is 4.96. The fraction of sp³-hybridized carbons (Fsp3) is 0.636. The van der Waals surface area contributed by atoms with E-state index in [1.807, 2.05) is 6.92 Å². The van der Waals surface area contributed by atoms with E-state index >= 15 is 0 Å². The summed E-state index contributed by atoms with van der Waals surface area (Å²) in [4.78, 5) is 18.6. The number of hydrogen-bond donors (Lipinski definition) is 1. The number of carbonyl (C=O) groups is 1. The maximum absolute atomic E-state index is 11.4. The number of nitrogens with zero attached hydrogens (tertiary/aromatic N) is 1. The first-order valence-electron chi connectivity index (χ1n) is 5.27. The van der Waals surface area contributed by atoms with E-state index in [1.165, 1.54) is 0 Å². The summed E-state index contributed by atoms with van der Waals surface area (Å²) < 4.78 is 4.87. The van der Waals surface area contributed by atoms with Crippen molar-refractivity contribution in [2.24, 2.45) is 5.92 Å². The Labute approximate surface area is 90.1 Å². The average molecular weight is 210 g/mol. The van der Waals surface area contributed by atoms with Gasteiger partial charge in [-0.05, 0) is 26.2 Å². The van der Waals surface area contributed by atoms with Gasteiger partial charge in [0, 0.05) is 5.69 Å². The molecule has 0 fully saturated rings. The standard InChI is InChI=1S/C11H18N2O2/c1-5-15-11(14)10-12-8(4)9(13-10)6-7(2)3/h7H,5-6H2,1-4H3,(H,12,13). The Morgan fingerprint density at radius 3 is 2.73 bits per heavy atom. The largest absolute Gasteiger partial charge is 0.460 e. The van der Waals surface area contributed by atoms with E-state index in [-0.39, 0.29) is 5.97 Å². The third-order valence-corrected chi connectivity index (χ3v) is 2.06. The maximum Gasteiger partial charge on any atom is 0.374 e. The van der Waals surface area contributed by atoms with Crippen molar-refractivity contribution in [1.29, 1.82) is 0 Å². The highest BCUT2D eigenvalue weighted by Crippen LogP contribution is 2.11. The molecule has 0 aliphatic carbocycles. The molecule has 0 aromatic carbocycles. The number of imidazole rings is 1. The zero-order chi connectivity index (χ0) is 11.4. The lowest BCUT2D eigenvalue weighted by atomic mass is 10.1. The Kier molecular flexibility index (Phi) is 3.88. The smallest absolute Gasteiger partial charge is 0.374 e. The maximum atomic E-state index is 11.4. The van der Waals surface area contributed by atoms with E-state index in [0.717, 1.165) is 17.8 Å². The number of H-pyrrole nitrogens is 1. The van der Waals surface area contributed by atoms with Crippen LogP contribution < -0.4 is 0 Å². The molecule has 0 radical (unpaired) electrons. The van der Waals surface area contributed by atoms with Crippen molar-refractivity contribution in [2.45, 2.75) is 34.1 Å². The monoisotopic (exact) mass is 210 g/mol. The van der Waals surface area contributed by atoms with Gasteiger partial charge in [-0.25, -0.2) is 9.78 Å². The number of aryl methyl sites for hydroxylation is 1. The van der Waals surface area contributed by atoms with Crippen molar-refractivity contribution in [3.8, 4) is 0 Å². The van der Waals surface area contributed by atoms with Crippen LogP contribution in [0.15, 0.2) is 0 Å². The van der Waals surface area contributed by atoms with Crippen molar-refractivity contribution >= 4 is 5.97 Å². The predicted octanol–water partition coefficient (Wildman–Crippen LogP) is 2.09. The van der Waals surface area contributed by atoms with Crippen LogP contribution in [0.25, 0.3) is 0 Å². The van der Waals surface area contributed by atoms with Gasteiger partial charge in [-0.1, -0.05) is 13.8 Å². The molecule has 0 amide bonds. The van der Waals surface area contributed by atoms with Crippen LogP contribution in [-0.4, -0.2) is 22.5 Å². The highest BCUT2D eigenvalue weighted by atomic mass is 16.5. The summed E-state index contributed by atoms with van der Waals surface area (Å²) in [7, 11) is 0. The van der Waals surface area contributed by atoms with Crippen molar-refractivity contribution in [1.82, 2.24) is 9.97 Å². The quantitative estimate of drug-likeness (QED) is 0.774. The highest BCUT2D eigenvalue weighted by Gasteiger charge is 2.14. The zero-order valence-electron chi connectivity index (χ0n) is 9.76. The molecule has 4 heteroatoms. The Morgan fingerprint density at radius 2 is 2.20 bits per heavy atom. The Hall–Kier alpha value is -1.32. The SMILES string of the molecule is CCOC(=O)c1nc(CC(C)C)c(C)[nH]1.